The lowest BCUT2D eigenvalue weighted by molar-refractivity contribution is 0.102. The highest BCUT2D eigenvalue weighted by Crippen LogP contribution is 2.21. The number of nitrogens with one attached hydrogen (secondary N) is 1. The fourth-order valence-corrected chi connectivity index (χ4v) is 2.38. The van der Waals surface area contributed by atoms with Gasteiger partial charge in [0.05, 0.1) is 16.3 Å². The van der Waals surface area contributed by atoms with Gasteiger partial charge in [-0.2, -0.15) is 0 Å². The van der Waals surface area contributed by atoms with Crippen molar-refractivity contribution in [1.29, 1.82) is 0 Å². The van der Waals surface area contributed by atoms with Crippen LogP contribution in [0.4, 0.5) is 5.82 Å². The molecule has 3 nitrogen and oxygen atoms in total. The summed E-state index contributed by atoms with van der Waals surface area (Å²) < 4.78 is 1.85. The lowest BCUT2D eigenvalue weighted by atomic mass is 10.2. The first-order valence-electron chi connectivity index (χ1n) is 5.37. The van der Waals surface area contributed by atoms with E-state index in [2.05, 4.69) is 48.8 Å². The van der Waals surface area contributed by atoms with E-state index in [1.54, 1.807) is 18.2 Å². The van der Waals surface area contributed by atoms with E-state index in [1.807, 2.05) is 19.1 Å². The van der Waals surface area contributed by atoms with E-state index in [1.165, 1.54) is 0 Å². The van der Waals surface area contributed by atoms with Crippen LogP contribution in [-0.4, -0.2) is 10.9 Å². The van der Waals surface area contributed by atoms with E-state index < -0.39 is 0 Å². The third-order valence-electron chi connectivity index (χ3n) is 2.44. The molecular formula is C13H9BrClIN2O. The number of aryl methyl sites for hydroxylation is 1. The van der Waals surface area contributed by atoms with Gasteiger partial charge in [-0.15, -0.1) is 0 Å². The molecule has 1 aromatic heterocycles. The quantitative estimate of drug-likeness (QED) is 0.675. The van der Waals surface area contributed by atoms with Crippen molar-refractivity contribution in [3.05, 3.63) is 54.7 Å². The number of nitrogens with zero attached hydrogens (tertiary/aromatic N) is 1. The standard InChI is InChI=1S/C13H9BrClIN2O/c1-7-10(14)3-5-12(17-7)18-13(19)9-6-8(16)2-4-11(9)15/h2-6H,1H3,(H,17,18,19). The smallest absolute Gasteiger partial charge is 0.258 e. The van der Waals surface area contributed by atoms with E-state index in [0.717, 1.165) is 13.7 Å². The topological polar surface area (TPSA) is 42.0 Å². The Bertz CT molecular complexity index is 649. The SMILES string of the molecule is Cc1nc(NC(=O)c2cc(I)ccc2Cl)ccc1Br. The van der Waals surface area contributed by atoms with Crippen LogP contribution in [0.3, 0.4) is 0 Å². The van der Waals surface area contributed by atoms with Crippen LogP contribution in [0.1, 0.15) is 16.1 Å². The minimum absolute atomic E-state index is 0.266. The molecule has 1 amide bonds. The number of anilines is 1. The van der Waals surface area contributed by atoms with Gasteiger partial charge in [0.1, 0.15) is 5.82 Å². The van der Waals surface area contributed by atoms with Crippen molar-refractivity contribution >= 4 is 61.8 Å². The molecular weight excluding hydrogens is 442 g/mol. The Morgan fingerprint density at radius 1 is 1.37 bits per heavy atom. The maximum Gasteiger partial charge on any atom is 0.258 e. The number of hydrogen-bond acceptors (Lipinski definition) is 2. The van der Waals surface area contributed by atoms with Crippen molar-refractivity contribution in [2.24, 2.45) is 0 Å². The fraction of sp³-hybridized carbons (Fsp3) is 0.0769. The van der Waals surface area contributed by atoms with E-state index in [4.69, 9.17) is 11.6 Å². The maximum atomic E-state index is 12.1. The van der Waals surface area contributed by atoms with Crippen LogP contribution in [-0.2, 0) is 0 Å². The Morgan fingerprint density at radius 2 is 2.11 bits per heavy atom. The number of halogens is 3. The van der Waals surface area contributed by atoms with Gasteiger partial charge < -0.3 is 5.32 Å². The zero-order valence-corrected chi connectivity index (χ0v) is 14.4. The number of hydrogen-bond donors (Lipinski definition) is 1. The minimum atomic E-state index is -0.266. The molecule has 2 aromatic rings. The molecule has 0 fully saturated rings. The number of pyridine rings is 1. The van der Waals surface area contributed by atoms with Crippen LogP contribution in [0, 0.1) is 10.5 Å². The van der Waals surface area contributed by atoms with Gasteiger partial charge in [0, 0.05) is 8.04 Å². The van der Waals surface area contributed by atoms with Crippen LogP contribution in [0.5, 0.6) is 0 Å². The first-order valence-corrected chi connectivity index (χ1v) is 7.62. The highest BCUT2D eigenvalue weighted by Gasteiger charge is 2.12. The van der Waals surface area contributed by atoms with Crippen LogP contribution < -0.4 is 5.32 Å². The van der Waals surface area contributed by atoms with E-state index in [9.17, 15) is 4.79 Å². The molecule has 0 spiro atoms. The van der Waals surface area contributed by atoms with Crippen molar-refractivity contribution in [2.75, 3.05) is 5.32 Å². The molecule has 6 heteroatoms. The lowest BCUT2D eigenvalue weighted by Crippen LogP contribution is -2.14. The predicted octanol–water partition coefficient (Wildman–Crippen LogP) is 4.66. The average molecular weight is 451 g/mol. The van der Waals surface area contributed by atoms with Gasteiger partial charge >= 0.3 is 0 Å². The molecule has 0 aliphatic rings. The zero-order valence-electron chi connectivity index (χ0n) is 9.88. The van der Waals surface area contributed by atoms with E-state index in [0.29, 0.717) is 16.4 Å². The number of amides is 1. The summed E-state index contributed by atoms with van der Waals surface area (Å²) in [6.45, 7) is 1.86. The van der Waals surface area contributed by atoms with Gasteiger partial charge in [-0.1, -0.05) is 11.6 Å². The van der Waals surface area contributed by atoms with Gasteiger partial charge in [-0.3, -0.25) is 4.79 Å². The first-order chi connectivity index (χ1) is 8.97. The van der Waals surface area contributed by atoms with Crippen LogP contribution >= 0.6 is 50.1 Å². The fourth-order valence-electron chi connectivity index (χ4n) is 1.47. The summed E-state index contributed by atoms with van der Waals surface area (Å²) in [4.78, 5) is 16.4. The van der Waals surface area contributed by atoms with Crippen LogP contribution in [0.15, 0.2) is 34.8 Å². The molecule has 0 unspecified atom stereocenters. The Morgan fingerprint density at radius 3 is 2.79 bits per heavy atom. The van der Waals surface area contributed by atoms with Crippen molar-refractivity contribution < 1.29 is 4.79 Å². The lowest BCUT2D eigenvalue weighted by Gasteiger charge is -2.07. The van der Waals surface area contributed by atoms with Gasteiger partial charge in [0.2, 0.25) is 0 Å². The molecule has 1 N–H and O–H groups in total. The highest BCUT2D eigenvalue weighted by molar-refractivity contribution is 14.1. The summed E-state index contributed by atoms with van der Waals surface area (Å²) in [7, 11) is 0. The Labute approximate surface area is 138 Å². The number of aromatic nitrogens is 1. The van der Waals surface area contributed by atoms with Gasteiger partial charge in [-0.25, -0.2) is 4.98 Å². The van der Waals surface area contributed by atoms with Crippen LogP contribution in [0.2, 0.25) is 5.02 Å². The average Bonchev–Trinajstić information content (AvgIpc) is 2.36. The largest absolute Gasteiger partial charge is 0.307 e. The third kappa shape index (κ3) is 3.67. The molecule has 0 atom stereocenters. The van der Waals surface area contributed by atoms with Crippen molar-refractivity contribution in [3.63, 3.8) is 0 Å². The van der Waals surface area contributed by atoms with Crippen molar-refractivity contribution in [1.82, 2.24) is 4.98 Å². The summed E-state index contributed by atoms with van der Waals surface area (Å²) in [5.74, 6) is 0.235. The van der Waals surface area contributed by atoms with E-state index in [-0.39, 0.29) is 5.91 Å². The Hall–Kier alpha value is -0.660. The molecule has 98 valence electrons. The van der Waals surface area contributed by atoms with Gasteiger partial charge in [-0.05, 0) is 75.8 Å². The third-order valence-corrected chi connectivity index (χ3v) is 4.27. The predicted molar refractivity (Wildman–Crippen MR) is 88.8 cm³/mol. The van der Waals surface area contributed by atoms with Gasteiger partial charge in [0.15, 0.2) is 0 Å². The highest BCUT2D eigenvalue weighted by atomic mass is 127. The number of carbonyl (C=O) groups is 1. The molecule has 0 saturated heterocycles. The maximum absolute atomic E-state index is 12.1. The summed E-state index contributed by atoms with van der Waals surface area (Å²) in [6.07, 6.45) is 0. The van der Waals surface area contributed by atoms with Crippen LogP contribution in [0.25, 0.3) is 0 Å². The summed E-state index contributed by atoms with van der Waals surface area (Å²) in [5.41, 5.74) is 1.25. The Kier molecular flexibility index (Phi) is 4.81. The molecule has 0 aliphatic carbocycles. The summed E-state index contributed by atoms with van der Waals surface area (Å²) >= 11 is 11.5. The number of rotatable bonds is 2. The van der Waals surface area contributed by atoms with Gasteiger partial charge in [0.25, 0.3) is 5.91 Å². The molecule has 1 aromatic carbocycles. The molecule has 0 saturated carbocycles. The second kappa shape index (κ2) is 6.19. The summed E-state index contributed by atoms with van der Waals surface area (Å²) in [5, 5.41) is 3.16. The number of carbonyl (C=O) groups excluding carboxylic acids is 1. The number of benzene rings is 1. The molecule has 1 heterocycles. The van der Waals surface area contributed by atoms with Crippen molar-refractivity contribution in [2.45, 2.75) is 6.92 Å². The summed E-state index contributed by atoms with van der Waals surface area (Å²) in [6, 6.07) is 8.87. The second-order valence-electron chi connectivity index (χ2n) is 3.84. The monoisotopic (exact) mass is 450 g/mol. The molecule has 0 bridgehead atoms. The molecule has 0 radical (unpaired) electrons. The minimum Gasteiger partial charge on any atom is -0.307 e. The molecule has 19 heavy (non-hydrogen) atoms. The molecule has 2 rings (SSSR count). The van der Waals surface area contributed by atoms with Crippen molar-refractivity contribution in [3.8, 4) is 0 Å². The normalized spacial score (nSPS) is 10.3. The molecule has 0 aliphatic heterocycles. The first kappa shape index (κ1) is 14.7. The Balaban J connectivity index is 2.25. The second-order valence-corrected chi connectivity index (χ2v) is 6.35. The zero-order chi connectivity index (χ0) is 14.0. The van der Waals surface area contributed by atoms with E-state index >= 15 is 0 Å².